The third-order valence-corrected chi connectivity index (χ3v) is 3.96. The predicted octanol–water partition coefficient (Wildman–Crippen LogP) is 2.59. The van der Waals surface area contributed by atoms with Gasteiger partial charge in [-0.3, -0.25) is 0 Å². The zero-order valence-corrected chi connectivity index (χ0v) is 9.21. The summed E-state index contributed by atoms with van der Waals surface area (Å²) in [5, 5.41) is 5.57. The lowest BCUT2D eigenvalue weighted by molar-refractivity contribution is 0.505. The Kier molecular flexibility index (Phi) is 2.70. The molecular formula is C11H17NS. The van der Waals surface area contributed by atoms with Gasteiger partial charge >= 0.3 is 0 Å². The molecule has 2 rings (SSSR count). The van der Waals surface area contributed by atoms with E-state index in [1.165, 1.54) is 24.8 Å². The first-order valence-electron chi connectivity index (χ1n) is 5.04. The summed E-state index contributed by atoms with van der Waals surface area (Å²) in [6.45, 7) is 3.40. The zero-order valence-electron chi connectivity index (χ0n) is 8.39. The SMILES string of the molecule is CNCc1csc2c1CCC(C)C2. The van der Waals surface area contributed by atoms with Crippen LogP contribution in [0.25, 0.3) is 0 Å². The Morgan fingerprint density at radius 2 is 2.46 bits per heavy atom. The van der Waals surface area contributed by atoms with E-state index < -0.39 is 0 Å². The Morgan fingerprint density at radius 3 is 3.23 bits per heavy atom. The molecule has 1 unspecified atom stereocenters. The highest BCUT2D eigenvalue weighted by Gasteiger charge is 2.19. The predicted molar refractivity (Wildman–Crippen MR) is 58.3 cm³/mol. The van der Waals surface area contributed by atoms with E-state index in [0.29, 0.717) is 0 Å². The quantitative estimate of drug-likeness (QED) is 0.765. The van der Waals surface area contributed by atoms with E-state index in [-0.39, 0.29) is 0 Å². The second kappa shape index (κ2) is 3.81. The fourth-order valence-corrected chi connectivity index (χ4v) is 3.35. The molecule has 2 heteroatoms. The van der Waals surface area contributed by atoms with Crippen LogP contribution >= 0.6 is 11.3 Å². The summed E-state index contributed by atoms with van der Waals surface area (Å²) in [7, 11) is 2.02. The monoisotopic (exact) mass is 195 g/mol. The van der Waals surface area contributed by atoms with Crippen LogP contribution in [-0.4, -0.2) is 7.05 Å². The average molecular weight is 195 g/mol. The van der Waals surface area contributed by atoms with Gasteiger partial charge in [0.25, 0.3) is 0 Å². The van der Waals surface area contributed by atoms with E-state index in [1.807, 2.05) is 18.4 Å². The largest absolute Gasteiger partial charge is 0.316 e. The van der Waals surface area contributed by atoms with Crippen molar-refractivity contribution < 1.29 is 0 Å². The second-order valence-electron chi connectivity index (χ2n) is 4.04. The van der Waals surface area contributed by atoms with Crippen LogP contribution in [0, 0.1) is 5.92 Å². The third kappa shape index (κ3) is 1.79. The second-order valence-corrected chi connectivity index (χ2v) is 5.01. The fraction of sp³-hybridized carbons (Fsp3) is 0.636. The van der Waals surface area contributed by atoms with Gasteiger partial charge in [-0.15, -0.1) is 11.3 Å². The summed E-state index contributed by atoms with van der Waals surface area (Å²) in [4.78, 5) is 1.64. The maximum Gasteiger partial charge on any atom is 0.0213 e. The van der Waals surface area contributed by atoms with E-state index in [0.717, 1.165) is 12.5 Å². The summed E-state index contributed by atoms with van der Waals surface area (Å²) in [6, 6.07) is 0. The molecule has 0 fully saturated rings. The Labute approximate surface area is 84.2 Å². The molecule has 13 heavy (non-hydrogen) atoms. The average Bonchev–Trinajstić information content (AvgIpc) is 2.49. The molecule has 0 aromatic carbocycles. The molecule has 0 bridgehead atoms. The first-order valence-corrected chi connectivity index (χ1v) is 5.92. The van der Waals surface area contributed by atoms with Gasteiger partial charge in [0, 0.05) is 11.4 Å². The standard InChI is InChI=1S/C11H17NS/c1-8-3-4-10-9(6-12-2)7-13-11(10)5-8/h7-8,12H,3-6H2,1-2H3. The molecule has 1 aliphatic carbocycles. The van der Waals surface area contributed by atoms with Gasteiger partial charge in [0.15, 0.2) is 0 Å². The lowest BCUT2D eigenvalue weighted by Crippen LogP contribution is -2.12. The van der Waals surface area contributed by atoms with Crippen molar-refractivity contribution in [3.8, 4) is 0 Å². The molecule has 1 N–H and O–H groups in total. The van der Waals surface area contributed by atoms with Crippen molar-refractivity contribution in [1.29, 1.82) is 0 Å². The molecule has 0 saturated heterocycles. The molecule has 1 atom stereocenters. The van der Waals surface area contributed by atoms with Gasteiger partial charge < -0.3 is 5.32 Å². The minimum Gasteiger partial charge on any atom is -0.316 e. The van der Waals surface area contributed by atoms with Crippen LogP contribution < -0.4 is 5.32 Å². The molecule has 0 radical (unpaired) electrons. The van der Waals surface area contributed by atoms with Gasteiger partial charge in [-0.05, 0) is 48.7 Å². The maximum absolute atomic E-state index is 3.24. The van der Waals surface area contributed by atoms with Crippen molar-refractivity contribution in [3.05, 3.63) is 21.4 Å². The van der Waals surface area contributed by atoms with Crippen molar-refractivity contribution in [1.82, 2.24) is 5.32 Å². The van der Waals surface area contributed by atoms with Gasteiger partial charge in [0.1, 0.15) is 0 Å². The molecule has 1 nitrogen and oxygen atoms in total. The van der Waals surface area contributed by atoms with Crippen LogP contribution in [0.5, 0.6) is 0 Å². The third-order valence-electron chi connectivity index (χ3n) is 2.86. The number of hydrogen-bond acceptors (Lipinski definition) is 2. The molecule has 0 amide bonds. The van der Waals surface area contributed by atoms with Crippen LogP contribution in [0.4, 0.5) is 0 Å². The number of rotatable bonds is 2. The number of hydrogen-bond donors (Lipinski definition) is 1. The molecule has 0 aliphatic heterocycles. The first-order chi connectivity index (χ1) is 6.31. The molecule has 1 heterocycles. The van der Waals surface area contributed by atoms with Crippen LogP contribution in [0.2, 0.25) is 0 Å². The Bertz CT molecular complexity index is 277. The van der Waals surface area contributed by atoms with Crippen LogP contribution in [0.3, 0.4) is 0 Å². The highest BCUT2D eigenvalue weighted by Crippen LogP contribution is 2.32. The number of fused-ring (bicyclic) bond motifs is 1. The van der Waals surface area contributed by atoms with Crippen molar-refractivity contribution in [2.24, 2.45) is 5.92 Å². The zero-order chi connectivity index (χ0) is 9.26. The van der Waals surface area contributed by atoms with Crippen molar-refractivity contribution in [2.45, 2.75) is 32.7 Å². The van der Waals surface area contributed by atoms with Crippen molar-refractivity contribution >= 4 is 11.3 Å². The van der Waals surface area contributed by atoms with Gasteiger partial charge in [-0.1, -0.05) is 6.92 Å². The van der Waals surface area contributed by atoms with Gasteiger partial charge in [0.05, 0.1) is 0 Å². The highest BCUT2D eigenvalue weighted by molar-refractivity contribution is 7.10. The Hall–Kier alpha value is -0.340. The van der Waals surface area contributed by atoms with E-state index in [4.69, 9.17) is 0 Å². The molecule has 0 spiro atoms. The maximum atomic E-state index is 3.24. The van der Waals surface area contributed by atoms with E-state index in [1.54, 1.807) is 10.4 Å². The molecule has 1 aliphatic rings. The lowest BCUT2D eigenvalue weighted by atomic mass is 9.88. The Morgan fingerprint density at radius 1 is 1.62 bits per heavy atom. The summed E-state index contributed by atoms with van der Waals surface area (Å²) in [6.07, 6.45) is 3.99. The van der Waals surface area contributed by atoms with E-state index in [2.05, 4.69) is 17.6 Å². The number of nitrogens with one attached hydrogen (secondary N) is 1. The van der Waals surface area contributed by atoms with E-state index in [9.17, 15) is 0 Å². The molecule has 72 valence electrons. The minimum atomic E-state index is 0.897. The molecule has 0 saturated carbocycles. The van der Waals surface area contributed by atoms with E-state index >= 15 is 0 Å². The smallest absolute Gasteiger partial charge is 0.0213 e. The van der Waals surface area contributed by atoms with Gasteiger partial charge in [0.2, 0.25) is 0 Å². The van der Waals surface area contributed by atoms with Crippen LogP contribution in [-0.2, 0) is 19.4 Å². The van der Waals surface area contributed by atoms with Crippen LogP contribution in [0.1, 0.15) is 29.3 Å². The van der Waals surface area contributed by atoms with Crippen molar-refractivity contribution in [3.63, 3.8) is 0 Å². The lowest BCUT2D eigenvalue weighted by Gasteiger charge is -2.18. The molecule has 1 aromatic rings. The Balaban J connectivity index is 2.23. The topological polar surface area (TPSA) is 12.0 Å². The summed E-state index contributed by atoms with van der Waals surface area (Å²) < 4.78 is 0. The van der Waals surface area contributed by atoms with Gasteiger partial charge in [-0.25, -0.2) is 0 Å². The molecular weight excluding hydrogens is 178 g/mol. The summed E-state index contributed by atoms with van der Waals surface area (Å²) in [5.74, 6) is 0.897. The highest BCUT2D eigenvalue weighted by atomic mass is 32.1. The number of thiophene rings is 1. The van der Waals surface area contributed by atoms with Crippen LogP contribution in [0.15, 0.2) is 5.38 Å². The van der Waals surface area contributed by atoms with Crippen molar-refractivity contribution in [2.75, 3.05) is 7.05 Å². The summed E-state index contributed by atoms with van der Waals surface area (Å²) >= 11 is 1.96. The first kappa shape index (κ1) is 9.22. The van der Waals surface area contributed by atoms with Gasteiger partial charge in [-0.2, -0.15) is 0 Å². The normalized spacial score (nSPS) is 21.5. The summed E-state index contributed by atoms with van der Waals surface area (Å²) in [5.41, 5.74) is 3.19. The fourth-order valence-electron chi connectivity index (χ4n) is 2.08. The molecule has 1 aromatic heterocycles. The minimum absolute atomic E-state index is 0.897.